The molecular formula is C30H30FN7O2. The van der Waals surface area contributed by atoms with Crippen LogP contribution >= 0.6 is 0 Å². The van der Waals surface area contributed by atoms with E-state index in [1.54, 1.807) is 12.4 Å². The van der Waals surface area contributed by atoms with E-state index in [0.717, 1.165) is 79.0 Å². The number of halogens is 1. The molecule has 0 aliphatic carbocycles. The molecule has 40 heavy (non-hydrogen) atoms. The molecule has 0 spiro atoms. The molecule has 5 aromatic rings. The van der Waals surface area contributed by atoms with E-state index in [0.29, 0.717) is 28.1 Å². The van der Waals surface area contributed by atoms with Crippen LogP contribution in [-0.2, 0) is 17.8 Å². The molecule has 2 saturated heterocycles. The Morgan fingerprint density at radius 1 is 1.10 bits per heavy atom. The van der Waals surface area contributed by atoms with Crippen LogP contribution in [0.2, 0.25) is 0 Å². The number of fused-ring (bicyclic) bond motifs is 2. The molecule has 204 valence electrons. The van der Waals surface area contributed by atoms with Gasteiger partial charge in [-0.3, -0.25) is 9.55 Å². The predicted octanol–water partition coefficient (Wildman–Crippen LogP) is 5.29. The Morgan fingerprint density at radius 3 is 2.77 bits per heavy atom. The molecule has 0 amide bonds. The number of anilines is 2. The van der Waals surface area contributed by atoms with Gasteiger partial charge in [0.2, 0.25) is 0 Å². The molecular weight excluding hydrogens is 509 g/mol. The number of nitrogens with zero attached hydrogens (tertiary/aromatic N) is 6. The zero-order chi connectivity index (χ0) is 27.2. The molecule has 0 saturated carbocycles. The van der Waals surface area contributed by atoms with Crippen LogP contribution in [0, 0.1) is 5.82 Å². The summed E-state index contributed by atoms with van der Waals surface area (Å²) in [4.78, 5) is 20.2. The zero-order valence-electron chi connectivity index (χ0n) is 22.3. The van der Waals surface area contributed by atoms with Gasteiger partial charge in [0.15, 0.2) is 0 Å². The smallest absolute Gasteiger partial charge is 0.150 e. The van der Waals surface area contributed by atoms with Gasteiger partial charge in [0.05, 0.1) is 28.9 Å². The molecule has 1 atom stereocenters. The summed E-state index contributed by atoms with van der Waals surface area (Å²) in [6, 6.07) is 7.26. The third kappa shape index (κ3) is 4.28. The van der Waals surface area contributed by atoms with E-state index < -0.39 is 0 Å². The van der Waals surface area contributed by atoms with Crippen molar-refractivity contribution in [1.29, 1.82) is 0 Å². The van der Waals surface area contributed by atoms with Gasteiger partial charge in [-0.15, -0.1) is 0 Å². The van der Waals surface area contributed by atoms with Crippen LogP contribution in [-0.4, -0.2) is 44.2 Å². The largest absolute Gasteiger partial charge is 0.489 e. The molecule has 7 rings (SSSR count). The van der Waals surface area contributed by atoms with Crippen molar-refractivity contribution in [3.8, 4) is 11.4 Å². The molecule has 2 fully saturated rings. The number of hydrogen-bond acceptors (Lipinski definition) is 8. The Morgan fingerprint density at radius 2 is 2.00 bits per heavy atom. The summed E-state index contributed by atoms with van der Waals surface area (Å²) in [5, 5.41) is 1.37. The highest BCUT2D eigenvalue weighted by Crippen LogP contribution is 2.37. The van der Waals surface area contributed by atoms with Crippen LogP contribution in [0.5, 0.6) is 5.75 Å². The van der Waals surface area contributed by atoms with Crippen molar-refractivity contribution in [2.24, 2.45) is 0 Å². The predicted molar refractivity (Wildman–Crippen MR) is 151 cm³/mol. The van der Waals surface area contributed by atoms with Gasteiger partial charge in [-0.25, -0.2) is 19.3 Å². The number of hydrogen-bond donors (Lipinski definition) is 1. The lowest BCUT2D eigenvalue weighted by molar-refractivity contribution is 0.113. The average Bonchev–Trinajstić information content (AvgIpc) is 3.59. The maximum absolute atomic E-state index is 15.3. The molecule has 6 heterocycles. The minimum absolute atomic E-state index is 0.0391. The summed E-state index contributed by atoms with van der Waals surface area (Å²) in [5.74, 6) is 1.43. The fourth-order valence-corrected chi connectivity index (χ4v) is 5.66. The van der Waals surface area contributed by atoms with Crippen molar-refractivity contribution in [3.63, 3.8) is 0 Å². The monoisotopic (exact) mass is 539 g/mol. The first-order chi connectivity index (χ1) is 19.6. The minimum atomic E-state index is -0.323. The molecule has 1 aromatic carbocycles. The molecule has 2 N–H and O–H groups in total. The first-order valence-electron chi connectivity index (χ1n) is 13.8. The number of pyridine rings is 2. The highest BCUT2D eigenvalue weighted by atomic mass is 19.1. The standard InChI is InChI=1S/C30H30FN7O2/c1-2-19-10-26(37-6-4-7-37)36-24-12-21(11-23(31)27(19)24)40-16-18-9-20(14-33-13-18)38-15-22(25-5-3-8-39-25)28-29(32)34-17-35-30(28)38/h9-15,17,25H,2-8,16H2,1H3,(H2,32,34,35). The van der Waals surface area contributed by atoms with Crippen molar-refractivity contribution in [2.75, 3.05) is 30.3 Å². The molecule has 0 radical (unpaired) electrons. The first kappa shape index (κ1) is 24.7. The highest BCUT2D eigenvalue weighted by Gasteiger charge is 2.25. The summed E-state index contributed by atoms with van der Waals surface area (Å²) < 4.78 is 29.2. The Balaban J connectivity index is 1.19. The summed E-state index contributed by atoms with van der Waals surface area (Å²) in [6.45, 7) is 4.94. The second kappa shape index (κ2) is 10.0. The van der Waals surface area contributed by atoms with E-state index in [9.17, 15) is 0 Å². The normalized spacial score (nSPS) is 17.1. The van der Waals surface area contributed by atoms with Crippen molar-refractivity contribution in [2.45, 2.75) is 45.3 Å². The third-order valence-electron chi connectivity index (χ3n) is 7.85. The topological polar surface area (TPSA) is 104 Å². The average molecular weight is 540 g/mol. The second-order valence-corrected chi connectivity index (χ2v) is 10.4. The number of benzene rings is 1. The van der Waals surface area contributed by atoms with Gasteiger partial charge in [-0.2, -0.15) is 0 Å². The van der Waals surface area contributed by atoms with E-state index in [1.165, 1.54) is 12.4 Å². The number of nitrogens with two attached hydrogens (primary N) is 1. The Hall–Kier alpha value is -4.31. The van der Waals surface area contributed by atoms with E-state index in [2.05, 4.69) is 19.9 Å². The van der Waals surface area contributed by atoms with Crippen molar-refractivity contribution in [3.05, 3.63) is 71.7 Å². The highest BCUT2D eigenvalue weighted by molar-refractivity contribution is 5.91. The van der Waals surface area contributed by atoms with Gasteiger partial charge in [-0.05, 0) is 43.4 Å². The van der Waals surface area contributed by atoms with Gasteiger partial charge < -0.3 is 20.1 Å². The van der Waals surface area contributed by atoms with Crippen LogP contribution in [0.4, 0.5) is 16.0 Å². The summed E-state index contributed by atoms with van der Waals surface area (Å²) in [5.41, 5.74) is 11.2. The molecule has 0 bridgehead atoms. The van der Waals surface area contributed by atoms with Crippen molar-refractivity contribution in [1.82, 2.24) is 24.5 Å². The van der Waals surface area contributed by atoms with Crippen molar-refractivity contribution < 1.29 is 13.9 Å². The number of aromatic nitrogens is 5. The van der Waals surface area contributed by atoms with Crippen LogP contribution < -0.4 is 15.4 Å². The van der Waals surface area contributed by atoms with Gasteiger partial charge in [0.25, 0.3) is 0 Å². The zero-order valence-corrected chi connectivity index (χ0v) is 22.3. The number of rotatable bonds is 7. The lowest BCUT2D eigenvalue weighted by atomic mass is 10.0. The van der Waals surface area contributed by atoms with E-state index in [1.807, 2.05) is 35.9 Å². The van der Waals surface area contributed by atoms with Crippen LogP contribution in [0.3, 0.4) is 0 Å². The fraction of sp³-hybridized carbons (Fsp3) is 0.333. The summed E-state index contributed by atoms with van der Waals surface area (Å²) >= 11 is 0. The van der Waals surface area contributed by atoms with Gasteiger partial charge in [0.1, 0.15) is 41.8 Å². The van der Waals surface area contributed by atoms with Crippen LogP contribution in [0.15, 0.2) is 49.2 Å². The maximum Gasteiger partial charge on any atom is 0.150 e. The lowest BCUT2D eigenvalue weighted by Crippen LogP contribution is -2.37. The minimum Gasteiger partial charge on any atom is -0.489 e. The number of ether oxygens (including phenoxy) is 2. The Kier molecular flexibility index (Phi) is 6.19. The maximum atomic E-state index is 15.3. The molecule has 2 aliphatic rings. The molecule has 4 aromatic heterocycles. The van der Waals surface area contributed by atoms with E-state index >= 15 is 4.39 Å². The second-order valence-electron chi connectivity index (χ2n) is 10.4. The summed E-state index contributed by atoms with van der Waals surface area (Å²) in [7, 11) is 0. The van der Waals surface area contributed by atoms with Crippen LogP contribution in [0.25, 0.3) is 27.6 Å². The molecule has 2 aliphatic heterocycles. The third-order valence-corrected chi connectivity index (χ3v) is 7.85. The van der Waals surface area contributed by atoms with Gasteiger partial charge >= 0.3 is 0 Å². The Bertz CT molecular complexity index is 1730. The van der Waals surface area contributed by atoms with Crippen LogP contribution in [0.1, 0.15) is 49.0 Å². The SMILES string of the molecule is CCc1cc(N2CCC2)nc2cc(OCc3cncc(-n4cc(C5CCCO5)c5c(N)ncnc54)c3)cc(F)c12. The molecule has 9 nitrogen and oxygen atoms in total. The van der Waals surface area contributed by atoms with E-state index in [-0.39, 0.29) is 18.5 Å². The fourth-order valence-electron chi connectivity index (χ4n) is 5.66. The Labute approximate surface area is 230 Å². The van der Waals surface area contributed by atoms with Gasteiger partial charge in [-0.1, -0.05) is 6.92 Å². The first-order valence-corrected chi connectivity index (χ1v) is 13.8. The van der Waals surface area contributed by atoms with Crippen molar-refractivity contribution >= 4 is 33.6 Å². The lowest BCUT2D eigenvalue weighted by Gasteiger charge is -2.32. The number of aryl methyl sites for hydroxylation is 1. The molecule has 10 heteroatoms. The quantitative estimate of drug-likeness (QED) is 0.298. The van der Waals surface area contributed by atoms with Gasteiger partial charge in [0, 0.05) is 60.7 Å². The molecule has 1 unspecified atom stereocenters. The number of nitrogen functional groups attached to an aromatic ring is 1. The van der Waals surface area contributed by atoms with E-state index in [4.69, 9.17) is 20.2 Å². The summed E-state index contributed by atoms with van der Waals surface area (Å²) in [6.07, 6.45) is 10.8.